The zero-order valence-corrected chi connectivity index (χ0v) is 8.58. The molecule has 3 heteroatoms. The standard InChI is InChI=1S/C6H11NO.C3H9N/c1-7-4-2-3-6(7)5-8;1-4(2)3/h5-6H,2-4H2,1H3;1-3H3. The van der Waals surface area contributed by atoms with Crippen molar-refractivity contribution in [2.45, 2.75) is 18.9 Å². The van der Waals surface area contributed by atoms with E-state index in [4.69, 9.17) is 0 Å². The monoisotopic (exact) mass is 172 g/mol. The van der Waals surface area contributed by atoms with Crippen LogP contribution in [-0.4, -0.2) is 56.9 Å². The zero-order chi connectivity index (χ0) is 9.56. The quantitative estimate of drug-likeness (QED) is 0.537. The van der Waals surface area contributed by atoms with Crippen molar-refractivity contribution in [3.05, 3.63) is 0 Å². The molecule has 0 radical (unpaired) electrons. The molecule has 1 saturated heterocycles. The molecule has 1 heterocycles. The first-order chi connectivity index (χ1) is 5.57. The number of nitrogens with zero attached hydrogens (tertiary/aromatic N) is 2. The van der Waals surface area contributed by atoms with Gasteiger partial charge in [0.15, 0.2) is 0 Å². The maximum atomic E-state index is 10.2. The van der Waals surface area contributed by atoms with Crippen molar-refractivity contribution in [3.63, 3.8) is 0 Å². The lowest BCUT2D eigenvalue weighted by molar-refractivity contribution is -0.111. The van der Waals surface area contributed by atoms with Crippen LogP contribution in [0.25, 0.3) is 0 Å². The Morgan fingerprint density at radius 2 is 1.92 bits per heavy atom. The second kappa shape index (κ2) is 6.14. The maximum Gasteiger partial charge on any atom is 0.137 e. The number of hydrogen-bond donors (Lipinski definition) is 0. The van der Waals surface area contributed by atoms with Gasteiger partial charge < -0.3 is 9.69 Å². The number of carbonyl (C=O) groups excluding carboxylic acids is 1. The molecular weight excluding hydrogens is 152 g/mol. The average molecular weight is 172 g/mol. The van der Waals surface area contributed by atoms with Crippen molar-refractivity contribution >= 4 is 6.29 Å². The highest BCUT2D eigenvalue weighted by atomic mass is 16.1. The minimum atomic E-state index is 0.218. The van der Waals surface area contributed by atoms with Crippen LogP contribution in [0, 0.1) is 0 Å². The summed E-state index contributed by atoms with van der Waals surface area (Å²) in [6.07, 6.45) is 3.27. The molecule has 0 aliphatic carbocycles. The highest BCUT2D eigenvalue weighted by molar-refractivity contribution is 5.57. The molecule has 1 rings (SSSR count). The first kappa shape index (κ1) is 11.6. The molecule has 0 bridgehead atoms. The highest BCUT2D eigenvalue weighted by Crippen LogP contribution is 2.11. The third-order valence-electron chi connectivity index (χ3n) is 1.73. The van der Waals surface area contributed by atoms with Gasteiger partial charge in [0.05, 0.1) is 6.04 Å². The lowest BCUT2D eigenvalue weighted by Gasteiger charge is -2.10. The largest absolute Gasteiger partial charge is 0.312 e. The minimum absolute atomic E-state index is 0.218. The molecule has 1 atom stereocenters. The predicted octanol–water partition coefficient (Wildman–Crippen LogP) is 0.457. The van der Waals surface area contributed by atoms with Gasteiger partial charge in [0, 0.05) is 0 Å². The summed E-state index contributed by atoms with van der Waals surface area (Å²) >= 11 is 0. The van der Waals surface area contributed by atoms with Crippen molar-refractivity contribution < 1.29 is 4.79 Å². The molecule has 3 nitrogen and oxygen atoms in total. The van der Waals surface area contributed by atoms with Gasteiger partial charge in [0.25, 0.3) is 0 Å². The van der Waals surface area contributed by atoms with Crippen LogP contribution in [0.5, 0.6) is 0 Å². The summed E-state index contributed by atoms with van der Waals surface area (Å²) in [5.41, 5.74) is 0. The summed E-state index contributed by atoms with van der Waals surface area (Å²) < 4.78 is 0. The lowest BCUT2D eigenvalue weighted by Crippen LogP contribution is -2.25. The third kappa shape index (κ3) is 5.27. The van der Waals surface area contributed by atoms with Crippen molar-refractivity contribution in [3.8, 4) is 0 Å². The number of likely N-dealkylation sites (N-methyl/N-ethyl adjacent to an activating group) is 1. The van der Waals surface area contributed by atoms with E-state index in [1.165, 1.54) is 6.42 Å². The maximum absolute atomic E-state index is 10.2. The fourth-order valence-electron chi connectivity index (χ4n) is 1.11. The number of likely N-dealkylation sites (tertiary alicyclic amines) is 1. The van der Waals surface area contributed by atoms with E-state index in [0.29, 0.717) is 0 Å². The van der Waals surface area contributed by atoms with Crippen molar-refractivity contribution in [2.24, 2.45) is 0 Å². The molecule has 0 spiro atoms. The summed E-state index contributed by atoms with van der Waals surface area (Å²) in [5.74, 6) is 0. The van der Waals surface area contributed by atoms with Crippen LogP contribution >= 0.6 is 0 Å². The normalized spacial score (nSPS) is 23.6. The van der Waals surface area contributed by atoms with E-state index < -0.39 is 0 Å². The Kier molecular flexibility index (Phi) is 5.93. The van der Waals surface area contributed by atoms with Crippen LogP contribution in [0.2, 0.25) is 0 Å². The smallest absolute Gasteiger partial charge is 0.137 e. The zero-order valence-electron chi connectivity index (χ0n) is 8.58. The van der Waals surface area contributed by atoms with Crippen LogP contribution in [0.15, 0.2) is 0 Å². The summed E-state index contributed by atoms with van der Waals surface area (Å²) in [5, 5.41) is 0. The van der Waals surface area contributed by atoms with Crippen molar-refractivity contribution in [1.29, 1.82) is 0 Å². The van der Waals surface area contributed by atoms with Crippen LogP contribution in [-0.2, 0) is 4.79 Å². The van der Waals surface area contributed by atoms with Gasteiger partial charge in [-0.05, 0) is 47.6 Å². The number of aldehydes is 1. The predicted molar refractivity (Wildman–Crippen MR) is 51.3 cm³/mol. The van der Waals surface area contributed by atoms with Gasteiger partial charge in [-0.15, -0.1) is 0 Å². The SMILES string of the molecule is CN(C)C.CN1CCCC1C=O. The number of rotatable bonds is 1. The third-order valence-corrected chi connectivity index (χ3v) is 1.73. The first-order valence-corrected chi connectivity index (χ1v) is 4.34. The van der Waals surface area contributed by atoms with Gasteiger partial charge in [-0.2, -0.15) is 0 Å². The Hall–Kier alpha value is -0.410. The highest BCUT2D eigenvalue weighted by Gasteiger charge is 2.18. The topological polar surface area (TPSA) is 23.6 Å². The van der Waals surface area contributed by atoms with Crippen LogP contribution in [0.1, 0.15) is 12.8 Å². The van der Waals surface area contributed by atoms with Crippen LogP contribution in [0.3, 0.4) is 0 Å². The van der Waals surface area contributed by atoms with E-state index in [1.807, 2.05) is 33.1 Å². The van der Waals surface area contributed by atoms with E-state index in [1.54, 1.807) is 0 Å². The van der Waals surface area contributed by atoms with Crippen LogP contribution < -0.4 is 0 Å². The van der Waals surface area contributed by atoms with E-state index in [0.717, 1.165) is 19.3 Å². The molecule has 1 aliphatic rings. The van der Waals surface area contributed by atoms with E-state index in [9.17, 15) is 4.79 Å². The number of carbonyl (C=O) groups is 1. The molecule has 72 valence electrons. The fraction of sp³-hybridized carbons (Fsp3) is 0.889. The molecule has 0 amide bonds. The van der Waals surface area contributed by atoms with Gasteiger partial charge in [-0.25, -0.2) is 0 Å². The minimum Gasteiger partial charge on any atom is -0.312 e. The average Bonchev–Trinajstić information content (AvgIpc) is 2.33. The molecule has 12 heavy (non-hydrogen) atoms. The molecular formula is C9H20N2O. The molecule has 0 N–H and O–H groups in total. The molecule has 0 saturated carbocycles. The van der Waals surface area contributed by atoms with E-state index in [-0.39, 0.29) is 6.04 Å². The Bertz CT molecular complexity index is 123. The fourth-order valence-corrected chi connectivity index (χ4v) is 1.11. The first-order valence-electron chi connectivity index (χ1n) is 4.34. The Morgan fingerprint density at radius 3 is 2.08 bits per heavy atom. The summed E-state index contributed by atoms with van der Waals surface area (Å²) in [7, 11) is 7.99. The van der Waals surface area contributed by atoms with Crippen LogP contribution in [0.4, 0.5) is 0 Å². The lowest BCUT2D eigenvalue weighted by atomic mass is 10.2. The Balaban J connectivity index is 0.000000261. The molecule has 1 unspecified atom stereocenters. The van der Waals surface area contributed by atoms with E-state index in [2.05, 4.69) is 4.90 Å². The second-order valence-electron chi connectivity index (χ2n) is 3.67. The van der Waals surface area contributed by atoms with Crippen molar-refractivity contribution in [1.82, 2.24) is 9.80 Å². The second-order valence-corrected chi connectivity index (χ2v) is 3.67. The summed E-state index contributed by atoms with van der Waals surface area (Å²) in [6.45, 7) is 1.09. The van der Waals surface area contributed by atoms with Gasteiger partial charge in [0.2, 0.25) is 0 Å². The molecule has 0 aromatic rings. The van der Waals surface area contributed by atoms with Gasteiger partial charge in [-0.1, -0.05) is 0 Å². The van der Waals surface area contributed by atoms with Gasteiger partial charge >= 0.3 is 0 Å². The van der Waals surface area contributed by atoms with Gasteiger partial charge in [0.1, 0.15) is 6.29 Å². The van der Waals surface area contributed by atoms with Crippen molar-refractivity contribution in [2.75, 3.05) is 34.7 Å². The molecule has 1 fully saturated rings. The Labute approximate surface area is 75.3 Å². The Morgan fingerprint density at radius 1 is 1.42 bits per heavy atom. The van der Waals surface area contributed by atoms with E-state index >= 15 is 0 Å². The summed E-state index contributed by atoms with van der Waals surface area (Å²) in [4.78, 5) is 14.3. The van der Waals surface area contributed by atoms with Gasteiger partial charge in [-0.3, -0.25) is 4.90 Å². The summed E-state index contributed by atoms with van der Waals surface area (Å²) in [6, 6.07) is 0.218. The molecule has 1 aliphatic heterocycles. The molecule has 0 aromatic carbocycles. The number of hydrogen-bond acceptors (Lipinski definition) is 3. The molecule has 0 aromatic heterocycles.